The lowest BCUT2D eigenvalue weighted by molar-refractivity contribution is 0.0312. The number of aromatic nitrogens is 4. The van der Waals surface area contributed by atoms with Gasteiger partial charge in [0.1, 0.15) is 4.83 Å². The van der Waals surface area contributed by atoms with E-state index in [0.29, 0.717) is 27.5 Å². The molecule has 3 aromatic heterocycles. The second-order valence-electron chi connectivity index (χ2n) is 8.45. The fourth-order valence-corrected chi connectivity index (χ4v) is 5.00. The van der Waals surface area contributed by atoms with Crippen molar-refractivity contribution in [3.63, 3.8) is 0 Å². The molecule has 0 bridgehead atoms. The van der Waals surface area contributed by atoms with Crippen molar-refractivity contribution in [1.82, 2.24) is 19.7 Å². The van der Waals surface area contributed by atoms with Crippen molar-refractivity contribution in [2.45, 2.75) is 66.0 Å². The summed E-state index contributed by atoms with van der Waals surface area (Å²) < 4.78 is 7.01. The van der Waals surface area contributed by atoms with Crippen LogP contribution in [0.3, 0.4) is 0 Å². The first-order chi connectivity index (χ1) is 16.3. The second-order valence-corrected chi connectivity index (χ2v) is 9.65. The number of H-pyrrole nitrogens is 1. The molecular formula is C25H28N4O4S. The Morgan fingerprint density at radius 2 is 1.88 bits per heavy atom. The molecule has 9 heteroatoms. The zero-order valence-corrected chi connectivity index (χ0v) is 20.6. The van der Waals surface area contributed by atoms with Crippen LogP contribution in [0, 0.1) is 13.8 Å². The predicted octanol–water partition coefficient (Wildman–Crippen LogP) is 4.81. The van der Waals surface area contributed by atoms with E-state index in [2.05, 4.69) is 22.0 Å². The summed E-state index contributed by atoms with van der Waals surface area (Å²) in [7, 11) is 0. The van der Waals surface area contributed by atoms with Gasteiger partial charge in [0.25, 0.3) is 11.1 Å². The van der Waals surface area contributed by atoms with Crippen molar-refractivity contribution in [2.75, 3.05) is 0 Å². The monoisotopic (exact) mass is 480 g/mol. The van der Waals surface area contributed by atoms with Crippen molar-refractivity contribution >= 4 is 38.3 Å². The minimum Gasteiger partial charge on any atom is -0.450 e. The van der Waals surface area contributed by atoms with Gasteiger partial charge in [-0.3, -0.25) is 9.59 Å². The van der Waals surface area contributed by atoms with Gasteiger partial charge in [0.15, 0.2) is 17.6 Å². The number of nitrogens with zero attached hydrogens (tertiary/aromatic N) is 3. The number of rotatable bonds is 8. The van der Waals surface area contributed by atoms with Gasteiger partial charge < -0.3 is 9.72 Å². The molecule has 0 aliphatic rings. The van der Waals surface area contributed by atoms with Gasteiger partial charge in [-0.05, 0) is 38.8 Å². The summed E-state index contributed by atoms with van der Waals surface area (Å²) in [6.07, 6.45) is 3.14. The number of nitrogens with one attached hydrogen (secondary N) is 1. The summed E-state index contributed by atoms with van der Waals surface area (Å²) in [4.78, 5) is 47.6. The van der Waals surface area contributed by atoms with E-state index in [9.17, 15) is 14.4 Å². The van der Waals surface area contributed by atoms with Crippen LogP contribution in [-0.2, 0) is 11.3 Å². The fraction of sp³-hybridized carbons (Fsp3) is 0.400. The van der Waals surface area contributed by atoms with Crippen LogP contribution in [0.5, 0.6) is 0 Å². The molecular weight excluding hydrogens is 452 g/mol. The quantitative estimate of drug-likeness (QED) is 0.286. The Kier molecular flexibility index (Phi) is 6.92. The molecule has 3 heterocycles. The number of benzene rings is 1. The molecule has 8 nitrogen and oxygen atoms in total. The zero-order chi connectivity index (χ0) is 24.4. The van der Waals surface area contributed by atoms with Crippen molar-refractivity contribution in [3.8, 4) is 0 Å². The Morgan fingerprint density at radius 3 is 2.62 bits per heavy atom. The molecule has 1 aromatic carbocycles. The van der Waals surface area contributed by atoms with Gasteiger partial charge in [-0.2, -0.15) is 5.10 Å². The number of aryl methyl sites for hydroxylation is 3. The van der Waals surface area contributed by atoms with Crippen molar-refractivity contribution < 1.29 is 9.53 Å². The van der Waals surface area contributed by atoms with Crippen molar-refractivity contribution in [3.05, 3.63) is 66.9 Å². The maximum absolute atomic E-state index is 13.2. The molecule has 0 spiro atoms. The maximum Gasteiger partial charge on any atom is 0.360 e. The van der Waals surface area contributed by atoms with E-state index in [1.807, 2.05) is 13.8 Å². The maximum atomic E-state index is 13.2. The Morgan fingerprint density at radius 1 is 1.15 bits per heavy atom. The Hall–Kier alpha value is -3.33. The SMILES string of the molecule is CCCCCCn1nc(C(=O)OC(C)c2nc3sc(C)c(C)c3c(=O)[nH]2)c2ccccc2c1=O. The van der Waals surface area contributed by atoms with Gasteiger partial charge in [-0.15, -0.1) is 11.3 Å². The van der Waals surface area contributed by atoms with E-state index >= 15 is 0 Å². The molecule has 4 rings (SSSR count). The normalized spacial score (nSPS) is 12.4. The van der Waals surface area contributed by atoms with Crippen LogP contribution in [0.2, 0.25) is 0 Å². The van der Waals surface area contributed by atoms with Crippen LogP contribution in [0.4, 0.5) is 0 Å². The molecule has 0 saturated heterocycles. The molecule has 0 amide bonds. The molecule has 4 aromatic rings. The van der Waals surface area contributed by atoms with Crippen LogP contribution < -0.4 is 11.1 Å². The lowest BCUT2D eigenvalue weighted by Gasteiger charge is -2.14. The average molecular weight is 481 g/mol. The summed E-state index contributed by atoms with van der Waals surface area (Å²) in [6.45, 7) is 8.04. The Labute approximate surface area is 200 Å². The minimum absolute atomic E-state index is 0.0729. The third-order valence-corrected chi connectivity index (χ3v) is 7.11. The number of unbranched alkanes of at least 4 members (excludes halogenated alkanes) is 3. The average Bonchev–Trinajstić information content (AvgIpc) is 3.11. The first-order valence-corrected chi connectivity index (χ1v) is 12.3. The van der Waals surface area contributed by atoms with Crippen LogP contribution >= 0.6 is 11.3 Å². The number of fused-ring (bicyclic) bond motifs is 2. The lowest BCUT2D eigenvalue weighted by Crippen LogP contribution is -2.27. The highest BCUT2D eigenvalue weighted by molar-refractivity contribution is 7.18. The van der Waals surface area contributed by atoms with E-state index < -0.39 is 12.1 Å². The van der Waals surface area contributed by atoms with Crippen LogP contribution in [0.15, 0.2) is 33.9 Å². The zero-order valence-electron chi connectivity index (χ0n) is 19.8. The lowest BCUT2D eigenvalue weighted by atomic mass is 10.1. The largest absolute Gasteiger partial charge is 0.450 e. The highest BCUT2D eigenvalue weighted by Gasteiger charge is 2.23. The van der Waals surface area contributed by atoms with E-state index in [1.54, 1.807) is 31.2 Å². The number of carbonyl (C=O) groups is 1. The van der Waals surface area contributed by atoms with Crippen molar-refractivity contribution in [1.29, 1.82) is 0 Å². The van der Waals surface area contributed by atoms with Gasteiger partial charge >= 0.3 is 5.97 Å². The van der Waals surface area contributed by atoms with Gasteiger partial charge in [-0.25, -0.2) is 14.5 Å². The first-order valence-electron chi connectivity index (χ1n) is 11.5. The highest BCUT2D eigenvalue weighted by atomic mass is 32.1. The van der Waals surface area contributed by atoms with E-state index in [4.69, 9.17) is 4.74 Å². The molecule has 0 saturated carbocycles. The van der Waals surface area contributed by atoms with Gasteiger partial charge in [-0.1, -0.05) is 44.4 Å². The van der Waals surface area contributed by atoms with E-state index in [-0.39, 0.29) is 22.6 Å². The first kappa shape index (κ1) is 23.8. The molecule has 0 fully saturated rings. The second kappa shape index (κ2) is 9.89. The van der Waals surface area contributed by atoms with Crippen LogP contribution in [0.1, 0.15) is 72.4 Å². The molecule has 0 aliphatic carbocycles. The molecule has 1 N–H and O–H groups in total. The number of hydrogen-bond acceptors (Lipinski definition) is 7. The number of thiophene rings is 1. The van der Waals surface area contributed by atoms with Gasteiger partial charge in [0.05, 0.1) is 10.8 Å². The topological polar surface area (TPSA) is 107 Å². The van der Waals surface area contributed by atoms with Crippen LogP contribution in [-0.4, -0.2) is 25.7 Å². The predicted molar refractivity (Wildman–Crippen MR) is 134 cm³/mol. The summed E-state index contributed by atoms with van der Waals surface area (Å²) >= 11 is 1.43. The molecule has 178 valence electrons. The molecule has 0 radical (unpaired) electrons. The summed E-state index contributed by atoms with van der Waals surface area (Å²) in [6, 6.07) is 6.90. The van der Waals surface area contributed by atoms with E-state index in [0.717, 1.165) is 36.1 Å². The summed E-state index contributed by atoms with van der Waals surface area (Å²) in [5.41, 5.74) is 0.496. The number of ether oxygens (including phenoxy) is 1. The standard InChI is InChI=1S/C25H28N4O4S/c1-5-6-7-10-13-29-24(31)18-12-9-8-11-17(18)20(28-29)25(32)33-15(3)21-26-22(30)19-14(2)16(4)34-23(19)27-21/h8-9,11-12,15H,5-7,10,13H2,1-4H3,(H,26,27,30). The third-order valence-electron chi connectivity index (χ3n) is 6.01. The molecule has 0 aliphatic heterocycles. The van der Waals surface area contributed by atoms with Crippen molar-refractivity contribution in [2.24, 2.45) is 0 Å². The van der Waals surface area contributed by atoms with E-state index in [1.165, 1.54) is 16.0 Å². The van der Waals surface area contributed by atoms with Gasteiger partial charge in [0.2, 0.25) is 0 Å². The molecule has 1 atom stereocenters. The Bertz CT molecular complexity index is 1480. The Balaban J connectivity index is 1.66. The molecule has 34 heavy (non-hydrogen) atoms. The third kappa shape index (κ3) is 4.52. The number of hydrogen-bond donors (Lipinski definition) is 1. The number of carbonyl (C=O) groups excluding carboxylic acids is 1. The number of aromatic amines is 1. The van der Waals surface area contributed by atoms with Crippen LogP contribution in [0.25, 0.3) is 21.0 Å². The minimum atomic E-state index is -0.808. The summed E-state index contributed by atoms with van der Waals surface area (Å²) in [5, 5.41) is 5.79. The smallest absolute Gasteiger partial charge is 0.360 e. The fourth-order valence-electron chi connectivity index (χ4n) is 3.96. The number of esters is 1. The summed E-state index contributed by atoms with van der Waals surface area (Å²) in [5.74, 6) is -0.406. The van der Waals surface area contributed by atoms with Gasteiger partial charge in [0, 0.05) is 16.8 Å². The molecule has 1 unspecified atom stereocenters. The highest BCUT2D eigenvalue weighted by Crippen LogP contribution is 2.27.